The van der Waals surface area contributed by atoms with Crippen LogP contribution in [-0.4, -0.2) is 16.8 Å². The zero-order valence-corrected chi connectivity index (χ0v) is 16.1. The number of hydrogen-bond donors (Lipinski definition) is 2. The number of hydrogen-bond acceptors (Lipinski definition) is 4. The van der Waals surface area contributed by atoms with E-state index in [1.165, 1.54) is 23.9 Å². The fraction of sp³-hybridized carbons (Fsp3) is 0.130. The van der Waals surface area contributed by atoms with Gasteiger partial charge in [-0.1, -0.05) is 38.1 Å². The van der Waals surface area contributed by atoms with Crippen molar-refractivity contribution in [1.29, 1.82) is 5.26 Å². The number of carbonyl (C=O) groups excluding carboxylic acids is 2. The van der Waals surface area contributed by atoms with Crippen molar-refractivity contribution in [2.24, 2.45) is 0 Å². The van der Waals surface area contributed by atoms with Crippen LogP contribution >= 0.6 is 0 Å². The van der Waals surface area contributed by atoms with Crippen molar-refractivity contribution in [2.45, 2.75) is 19.8 Å². The first-order chi connectivity index (χ1) is 14.0. The highest BCUT2D eigenvalue weighted by Crippen LogP contribution is 2.18. The van der Waals surface area contributed by atoms with E-state index in [9.17, 15) is 9.59 Å². The molecule has 6 nitrogen and oxygen atoms in total. The van der Waals surface area contributed by atoms with Crippen LogP contribution in [0.15, 0.2) is 66.9 Å². The van der Waals surface area contributed by atoms with E-state index in [0.717, 1.165) is 0 Å². The number of carbonyl (C=O) groups is 2. The molecule has 29 heavy (non-hydrogen) atoms. The zero-order valence-electron chi connectivity index (χ0n) is 16.1. The number of nitrogens with one attached hydrogen (secondary N) is 2. The maximum atomic E-state index is 12.6. The number of nitriles is 1. The summed E-state index contributed by atoms with van der Waals surface area (Å²) in [6.07, 6.45) is 1.40. The molecule has 144 valence electrons. The number of pyridine rings is 1. The molecule has 0 unspecified atom stereocenters. The van der Waals surface area contributed by atoms with E-state index in [4.69, 9.17) is 5.26 Å². The smallest absolute Gasteiger partial charge is 0.274 e. The third-order valence-electron chi connectivity index (χ3n) is 4.39. The lowest BCUT2D eigenvalue weighted by atomic mass is 10.0. The molecule has 0 fully saturated rings. The normalized spacial score (nSPS) is 10.3. The molecule has 0 radical (unpaired) electrons. The fourth-order valence-electron chi connectivity index (χ4n) is 2.73. The summed E-state index contributed by atoms with van der Waals surface area (Å²) in [6, 6.07) is 19.3. The van der Waals surface area contributed by atoms with Gasteiger partial charge in [-0.3, -0.25) is 14.6 Å². The Bertz CT molecular complexity index is 1080. The summed E-state index contributed by atoms with van der Waals surface area (Å²) in [5.74, 6) is -0.424. The van der Waals surface area contributed by atoms with Crippen LogP contribution in [-0.2, 0) is 0 Å². The van der Waals surface area contributed by atoms with Gasteiger partial charge in [0.15, 0.2) is 0 Å². The third kappa shape index (κ3) is 4.85. The van der Waals surface area contributed by atoms with Gasteiger partial charge in [-0.05, 0) is 47.9 Å². The van der Waals surface area contributed by atoms with Crippen molar-refractivity contribution < 1.29 is 9.59 Å². The van der Waals surface area contributed by atoms with Gasteiger partial charge in [0, 0.05) is 17.4 Å². The second-order valence-electron chi connectivity index (χ2n) is 6.77. The van der Waals surface area contributed by atoms with Gasteiger partial charge < -0.3 is 10.6 Å². The summed E-state index contributed by atoms with van der Waals surface area (Å²) < 4.78 is 0. The molecule has 2 amide bonds. The SMILES string of the molecule is CC(C)c1ccc(NC(=O)c2ccnc(C(=O)Nc3ccccc3C#N)c2)cc1. The largest absolute Gasteiger partial charge is 0.322 e. The van der Waals surface area contributed by atoms with Crippen LogP contribution in [0, 0.1) is 11.3 Å². The maximum absolute atomic E-state index is 12.6. The van der Waals surface area contributed by atoms with Crippen LogP contribution in [0.25, 0.3) is 0 Å². The van der Waals surface area contributed by atoms with E-state index in [1.807, 2.05) is 30.3 Å². The van der Waals surface area contributed by atoms with E-state index in [-0.39, 0.29) is 11.6 Å². The Morgan fingerprint density at radius 2 is 1.69 bits per heavy atom. The van der Waals surface area contributed by atoms with Crippen molar-refractivity contribution in [3.63, 3.8) is 0 Å². The Morgan fingerprint density at radius 1 is 0.966 bits per heavy atom. The molecular formula is C23H20N4O2. The van der Waals surface area contributed by atoms with Gasteiger partial charge in [0.1, 0.15) is 11.8 Å². The number of anilines is 2. The number of amides is 2. The van der Waals surface area contributed by atoms with Crippen LogP contribution in [0.3, 0.4) is 0 Å². The van der Waals surface area contributed by atoms with Gasteiger partial charge in [0.25, 0.3) is 11.8 Å². The predicted octanol–water partition coefficient (Wildman–Crippen LogP) is 4.58. The second-order valence-corrected chi connectivity index (χ2v) is 6.77. The number of rotatable bonds is 5. The highest BCUT2D eigenvalue weighted by molar-refractivity contribution is 6.08. The molecule has 0 aliphatic heterocycles. The monoisotopic (exact) mass is 384 g/mol. The molecule has 2 aromatic carbocycles. The van der Waals surface area contributed by atoms with E-state index < -0.39 is 5.91 Å². The molecule has 0 aliphatic carbocycles. The van der Waals surface area contributed by atoms with Crippen LogP contribution < -0.4 is 10.6 Å². The molecule has 1 heterocycles. The van der Waals surface area contributed by atoms with Gasteiger partial charge in [0.05, 0.1) is 11.3 Å². The highest BCUT2D eigenvalue weighted by atomic mass is 16.2. The van der Waals surface area contributed by atoms with Crippen molar-refractivity contribution in [3.05, 3.63) is 89.2 Å². The summed E-state index contributed by atoms with van der Waals surface area (Å²) >= 11 is 0. The summed E-state index contributed by atoms with van der Waals surface area (Å²) in [5, 5.41) is 14.6. The van der Waals surface area contributed by atoms with Gasteiger partial charge >= 0.3 is 0 Å². The Hall–Kier alpha value is -3.98. The summed E-state index contributed by atoms with van der Waals surface area (Å²) in [4.78, 5) is 29.1. The van der Waals surface area contributed by atoms with Crippen molar-refractivity contribution in [3.8, 4) is 6.07 Å². The van der Waals surface area contributed by atoms with Crippen molar-refractivity contribution in [2.75, 3.05) is 10.6 Å². The molecule has 0 aliphatic rings. The predicted molar refractivity (Wildman–Crippen MR) is 112 cm³/mol. The molecule has 0 saturated carbocycles. The standard InChI is InChI=1S/C23H20N4O2/c1-15(2)16-7-9-19(10-8-16)26-22(28)17-11-12-25-21(13-17)23(29)27-20-6-4-3-5-18(20)14-24/h3-13,15H,1-2H3,(H,26,28)(H,27,29). The third-order valence-corrected chi connectivity index (χ3v) is 4.39. The molecule has 3 aromatic rings. The maximum Gasteiger partial charge on any atom is 0.274 e. The molecule has 0 saturated heterocycles. The van der Waals surface area contributed by atoms with Gasteiger partial charge in [-0.2, -0.15) is 5.26 Å². The second kappa shape index (κ2) is 8.81. The van der Waals surface area contributed by atoms with Crippen LogP contribution in [0.4, 0.5) is 11.4 Å². The average Bonchev–Trinajstić information content (AvgIpc) is 2.74. The first-order valence-electron chi connectivity index (χ1n) is 9.16. The minimum Gasteiger partial charge on any atom is -0.322 e. The number of nitrogens with zero attached hydrogens (tertiary/aromatic N) is 2. The lowest BCUT2D eigenvalue weighted by Gasteiger charge is -2.09. The Kier molecular flexibility index (Phi) is 6.00. The van der Waals surface area contributed by atoms with Crippen molar-refractivity contribution >= 4 is 23.2 Å². The van der Waals surface area contributed by atoms with E-state index in [2.05, 4.69) is 29.5 Å². The van der Waals surface area contributed by atoms with Crippen molar-refractivity contribution in [1.82, 2.24) is 4.98 Å². The number of benzene rings is 2. The van der Waals surface area contributed by atoms with Gasteiger partial charge in [-0.15, -0.1) is 0 Å². The molecule has 1 aromatic heterocycles. The molecule has 0 spiro atoms. The lowest BCUT2D eigenvalue weighted by molar-refractivity contribution is 0.102. The first kappa shape index (κ1) is 19.8. The summed E-state index contributed by atoms with van der Waals surface area (Å²) in [5.41, 5.74) is 2.99. The Morgan fingerprint density at radius 3 is 2.38 bits per heavy atom. The van der Waals surface area contributed by atoms with E-state index in [0.29, 0.717) is 28.4 Å². The highest BCUT2D eigenvalue weighted by Gasteiger charge is 2.14. The fourth-order valence-corrected chi connectivity index (χ4v) is 2.73. The zero-order chi connectivity index (χ0) is 20.8. The Labute approximate surface area is 169 Å². The van der Waals surface area contributed by atoms with Gasteiger partial charge in [-0.25, -0.2) is 0 Å². The quantitative estimate of drug-likeness (QED) is 0.673. The molecule has 6 heteroatoms. The summed E-state index contributed by atoms with van der Waals surface area (Å²) in [6.45, 7) is 4.21. The molecule has 3 rings (SSSR count). The van der Waals surface area contributed by atoms with Crippen LogP contribution in [0.2, 0.25) is 0 Å². The number of aromatic nitrogens is 1. The summed E-state index contributed by atoms with van der Waals surface area (Å²) in [7, 11) is 0. The molecule has 2 N–H and O–H groups in total. The van der Waals surface area contributed by atoms with Crippen LogP contribution in [0.1, 0.15) is 51.7 Å². The molecular weight excluding hydrogens is 364 g/mol. The minimum atomic E-state index is -0.497. The van der Waals surface area contributed by atoms with Gasteiger partial charge in [0.2, 0.25) is 0 Å². The van der Waals surface area contributed by atoms with E-state index >= 15 is 0 Å². The molecule has 0 atom stereocenters. The molecule has 0 bridgehead atoms. The lowest BCUT2D eigenvalue weighted by Crippen LogP contribution is -2.17. The minimum absolute atomic E-state index is 0.0838. The van der Waals surface area contributed by atoms with Crippen LogP contribution in [0.5, 0.6) is 0 Å². The number of para-hydroxylation sites is 1. The topological polar surface area (TPSA) is 94.9 Å². The Balaban J connectivity index is 1.73. The average molecular weight is 384 g/mol. The van der Waals surface area contributed by atoms with E-state index in [1.54, 1.807) is 24.3 Å². The first-order valence-corrected chi connectivity index (χ1v) is 9.16.